The Kier molecular flexibility index (Phi) is 3.55. The first-order chi connectivity index (χ1) is 11.3. The van der Waals surface area contributed by atoms with E-state index < -0.39 is 0 Å². The van der Waals surface area contributed by atoms with Crippen LogP contribution >= 0.6 is 0 Å². The van der Waals surface area contributed by atoms with E-state index in [1.165, 1.54) is 5.56 Å². The average molecular weight is 307 g/mol. The fourth-order valence-corrected chi connectivity index (χ4v) is 3.04. The molecule has 0 bridgehead atoms. The van der Waals surface area contributed by atoms with Crippen LogP contribution in [0.25, 0.3) is 10.9 Å². The van der Waals surface area contributed by atoms with Crippen LogP contribution in [0.5, 0.6) is 0 Å². The summed E-state index contributed by atoms with van der Waals surface area (Å²) in [7, 11) is 0. The fourth-order valence-electron chi connectivity index (χ4n) is 3.04. The Morgan fingerprint density at radius 1 is 1.30 bits per heavy atom. The molecule has 1 atom stereocenters. The molecule has 3 aromatic rings. The standard InChI is InChI=1S/C18H17N3O2/c22-18(20-14-6-5-13-11-19-21-16(13)9-14)10-17-15-4-2-1-3-12(15)7-8-23-17/h1-6,9,11,17H,7-8,10H2,(H,19,21)(H,20,22). The number of hydrogen-bond donors (Lipinski definition) is 2. The second-order valence-electron chi connectivity index (χ2n) is 5.73. The van der Waals surface area contributed by atoms with Crippen molar-refractivity contribution in [1.29, 1.82) is 0 Å². The SMILES string of the molecule is O=C(CC1OCCc2ccccc21)Nc1ccc2cn[nH]c2c1. The minimum absolute atomic E-state index is 0.0504. The number of hydrogen-bond acceptors (Lipinski definition) is 3. The molecule has 1 aromatic heterocycles. The molecule has 2 heterocycles. The Bertz CT molecular complexity index is 856. The minimum Gasteiger partial charge on any atom is -0.373 e. The zero-order chi connectivity index (χ0) is 15.6. The van der Waals surface area contributed by atoms with E-state index in [2.05, 4.69) is 21.6 Å². The van der Waals surface area contributed by atoms with Gasteiger partial charge in [-0.15, -0.1) is 0 Å². The highest BCUT2D eigenvalue weighted by molar-refractivity contribution is 5.93. The van der Waals surface area contributed by atoms with Gasteiger partial charge in [-0.05, 0) is 35.7 Å². The van der Waals surface area contributed by atoms with Gasteiger partial charge in [0, 0.05) is 11.1 Å². The number of benzene rings is 2. The lowest BCUT2D eigenvalue weighted by atomic mass is 9.95. The molecule has 2 N–H and O–H groups in total. The number of amides is 1. The van der Waals surface area contributed by atoms with Gasteiger partial charge in [0.25, 0.3) is 0 Å². The van der Waals surface area contributed by atoms with Crippen molar-refractivity contribution in [3.8, 4) is 0 Å². The van der Waals surface area contributed by atoms with Crippen molar-refractivity contribution in [3.05, 3.63) is 59.8 Å². The molecule has 0 aliphatic carbocycles. The molecule has 1 aliphatic rings. The second kappa shape index (κ2) is 5.85. The van der Waals surface area contributed by atoms with Gasteiger partial charge in [0.2, 0.25) is 5.91 Å². The van der Waals surface area contributed by atoms with Crippen molar-refractivity contribution in [2.24, 2.45) is 0 Å². The van der Waals surface area contributed by atoms with Crippen LogP contribution in [0.3, 0.4) is 0 Å². The van der Waals surface area contributed by atoms with Gasteiger partial charge in [0.05, 0.1) is 30.8 Å². The van der Waals surface area contributed by atoms with Crippen molar-refractivity contribution in [1.82, 2.24) is 10.2 Å². The number of nitrogens with one attached hydrogen (secondary N) is 2. The predicted molar refractivity (Wildman–Crippen MR) is 88.2 cm³/mol. The number of carbonyl (C=O) groups excluding carboxylic acids is 1. The van der Waals surface area contributed by atoms with E-state index in [-0.39, 0.29) is 12.0 Å². The number of carbonyl (C=O) groups is 1. The van der Waals surface area contributed by atoms with Crippen molar-refractivity contribution in [2.45, 2.75) is 18.9 Å². The van der Waals surface area contributed by atoms with Gasteiger partial charge in [-0.2, -0.15) is 5.10 Å². The zero-order valence-electron chi connectivity index (χ0n) is 12.6. The molecule has 23 heavy (non-hydrogen) atoms. The summed E-state index contributed by atoms with van der Waals surface area (Å²) in [5.41, 5.74) is 4.06. The number of nitrogens with zero attached hydrogens (tertiary/aromatic N) is 1. The maximum Gasteiger partial charge on any atom is 0.227 e. The lowest BCUT2D eigenvalue weighted by Gasteiger charge is -2.25. The zero-order valence-corrected chi connectivity index (χ0v) is 12.6. The van der Waals surface area contributed by atoms with Crippen molar-refractivity contribution in [2.75, 3.05) is 11.9 Å². The van der Waals surface area contributed by atoms with Gasteiger partial charge in [0.15, 0.2) is 0 Å². The number of fused-ring (bicyclic) bond motifs is 2. The molecular formula is C18H17N3O2. The third-order valence-corrected chi connectivity index (χ3v) is 4.19. The smallest absolute Gasteiger partial charge is 0.227 e. The molecule has 5 nitrogen and oxygen atoms in total. The first-order valence-corrected chi connectivity index (χ1v) is 7.72. The van der Waals surface area contributed by atoms with E-state index >= 15 is 0 Å². The topological polar surface area (TPSA) is 67.0 Å². The normalized spacial score (nSPS) is 17.0. The van der Waals surface area contributed by atoms with Gasteiger partial charge >= 0.3 is 0 Å². The molecule has 5 heteroatoms. The number of H-pyrrole nitrogens is 1. The van der Waals surface area contributed by atoms with Crippen LogP contribution in [0, 0.1) is 0 Å². The predicted octanol–water partition coefficient (Wildman–Crippen LogP) is 3.21. The molecule has 0 saturated carbocycles. The van der Waals surface area contributed by atoms with E-state index in [0.717, 1.165) is 28.6 Å². The summed E-state index contributed by atoms with van der Waals surface area (Å²) >= 11 is 0. The molecule has 0 fully saturated rings. The Labute approximate surface area is 133 Å². The highest BCUT2D eigenvalue weighted by Crippen LogP contribution is 2.29. The summed E-state index contributed by atoms with van der Waals surface area (Å²) in [5.74, 6) is -0.0504. The summed E-state index contributed by atoms with van der Waals surface area (Å²) in [4.78, 5) is 12.3. The van der Waals surface area contributed by atoms with Crippen LogP contribution < -0.4 is 5.32 Å². The number of ether oxygens (including phenoxy) is 1. The van der Waals surface area contributed by atoms with Crippen molar-refractivity contribution < 1.29 is 9.53 Å². The molecule has 2 aromatic carbocycles. The molecule has 1 amide bonds. The van der Waals surface area contributed by atoms with E-state index in [1.54, 1.807) is 6.20 Å². The molecule has 116 valence electrons. The van der Waals surface area contributed by atoms with Gasteiger partial charge < -0.3 is 10.1 Å². The molecule has 1 unspecified atom stereocenters. The largest absolute Gasteiger partial charge is 0.373 e. The average Bonchev–Trinajstić information content (AvgIpc) is 3.03. The molecule has 0 spiro atoms. The third-order valence-electron chi connectivity index (χ3n) is 4.19. The second-order valence-corrected chi connectivity index (χ2v) is 5.73. The summed E-state index contributed by atoms with van der Waals surface area (Å²) in [6.45, 7) is 0.662. The maximum atomic E-state index is 12.3. The van der Waals surface area contributed by atoms with Gasteiger partial charge in [-0.3, -0.25) is 9.89 Å². The summed E-state index contributed by atoms with van der Waals surface area (Å²) in [6.07, 6.45) is 2.81. The highest BCUT2D eigenvalue weighted by Gasteiger charge is 2.23. The third kappa shape index (κ3) is 2.83. The van der Waals surface area contributed by atoms with E-state index in [9.17, 15) is 4.79 Å². The Morgan fingerprint density at radius 3 is 3.17 bits per heavy atom. The number of aromatic amines is 1. The van der Waals surface area contributed by atoms with Crippen molar-refractivity contribution in [3.63, 3.8) is 0 Å². The number of aromatic nitrogens is 2. The lowest BCUT2D eigenvalue weighted by molar-refractivity contribution is -0.119. The minimum atomic E-state index is -0.171. The Hall–Kier alpha value is -2.66. The fraction of sp³-hybridized carbons (Fsp3) is 0.222. The van der Waals surface area contributed by atoms with E-state index in [1.807, 2.05) is 36.4 Å². The highest BCUT2D eigenvalue weighted by atomic mass is 16.5. The van der Waals surface area contributed by atoms with Crippen LogP contribution in [-0.4, -0.2) is 22.7 Å². The summed E-state index contributed by atoms with van der Waals surface area (Å²) < 4.78 is 5.79. The molecule has 1 aliphatic heterocycles. The first kappa shape index (κ1) is 14.0. The van der Waals surface area contributed by atoms with Crippen LogP contribution in [0.15, 0.2) is 48.7 Å². The number of anilines is 1. The molecule has 0 radical (unpaired) electrons. The maximum absolute atomic E-state index is 12.3. The summed E-state index contributed by atoms with van der Waals surface area (Å²) in [5, 5.41) is 10.8. The quantitative estimate of drug-likeness (QED) is 0.781. The lowest BCUT2D eigenvalue weighted by Crippen LogP contribution is -2.22. The van der Waals surface area contributed by atoms with Gasteiger partial charge in [-0.25, -0.2) is 0 Å². The summed E-state index contributed by atoms with van der Waals surface area (Å²) in [6, 6.07) is 13.9. The van der Waals surface area contributed by atoms with E-state index in [0.29, 0.717) is 13.0 Å². The molecule has 0 saturated heterocycles. The van der Waals surface area contributed by atoms with Gasteiger partial charge in [0.1, 0.15) is 0 Å². The van der Waals surface area contributed by atoms with Crippen molar-refractivity contribution >= 4 is 22.5 Å². The van der Waals surface area contributed by atoms with E-state index in [4.69, 9.17) is 4.74 Å². The Morgan fingerprint density at radius 2 is 2.22 bits per heavy atom. The van der Waals surface area contributed by atoms with Crippen LogP contribution in [0.2, 0.25) is 0 Å². The molecule has 4 rings (SSSR count). The number of rotatable bonds is 3. The molecular weight excluding hydrogens is 290 g/mol. The van der Waals surface area contributed by atoms with Crippen LogP contribution in [-0.2, 0) is 16.0 Å². The van der Waals surface area contributed by atoms with Crippen LogP contribution in [0.4, 0.5) is 5.69 Å². The van der Waals surface area contributed by atoms with Gasteiger partial charge in [-0.1, -0.05) is 24.3 Å². The Balaban J connectivity index is 1.48. The van der Waals surface area contributed by atoms with Crippen LogP contribution in [0.1, 0.15) is 23.7 Å². The monoisotopic (exact) mass is 307 g/mol. The first-order valence-electron chi connectivity index (χ1n) is 7.72.